The predicted octanol–water partition coefficient (Wildman–Crippen LogP) is 3.77. The van der Waals surface area contributed by atoms with Crippen molar-refractivity contribution < 1.29 is 4.79 Å². The fourth-order valence-corrected chi connectivity index (χ4v) is 4.08. The molecule has 0 bridgehead atoms. The molecule has 0 radical (unpaired) electrons. The van der Waals surface area contributed by atoms with Crippen LogP contribution in [0.1, 0.15) is 36.6 Å². The first-order valence-corrected chi connectivity index (χ1v) is 9.32. The number of rotatable bonds is 3. The maximum Gasteiger partial charge on any atom is 0.228 e. The summed E-state index contributed by atoms with van der Waals surface area (Å²) in [7, 11) is 0. The van der Waals surface area contributed by atoms with Crippen molar-refractivity contribution in [2.75, 3.05) is 13.1 Å². The summed E-state index contributed by atoms with van der Waals surface area (Å²) in [6.07, 6.45) is 6.49. The number of piperidine rings is 1. The largest absolute Gasteiger partial charge is 0.341 e. The molecule has 1 aliphatic heterocycles. The van der Waals surface area contributed by atoms with Gasteiger partial charge >= 0.3 is 0 Å². The van der Waals surface area contributed by atoms with Gasteiger partial charge in [0.2, 0.25) is 5.91 Å². The smallest absolute Gasteiger partial charge is 0.228 e. The Hall–Kier alpha value is -2.62. The molecule has 3 heterocycles. The van der Waals surface area contributed by atoms with E-state index in [1.54, 1.807) is 0 Å². The number of pyridine rings is 1. The molecule has 134 valence electrons. The van der Waals surface area contributed by atoms with E-state index in [0.717, 1.165) is 42.8 Å². The van der Waals surface area contributed by atoms with E-state index in [-0.39, 0.29) is 11.3 Å². The standard InChI is InChI=1S/C22H25N3O/c1-17-8-6-12-24-15-19(23-21(17)24)14-20(26)25-13-7-11-22(2,16-25)18-9-4-3-5-10-18/h3-6,8-10,12,15H,7,11,13-14,16H2,1-2H3. The van der Waals surface area contributed by atoms with Crippen LogP contribution in [-0.4, -0.2) is 33.3 Å². The average Bonchev–Trinajstić information content (AvgIpc) is 3.06. The zero-order chi connectivity index (χ0) is 18.1. The molecule has 0 N–H and O–H groups in total. The van der Waals surface area contributed by atoms with Crippen LogP contribution in [-0.2, 0) is 16.6 Å². The van der Waals surface area contributed by atoms with Gasteiger partial charge in [-0.15, -0.1) is 0 Å². The van der Waals surface area contributed by atoms with E-state index in [2.05, 4.69) is 36.2 Å². The lowest BCUT2D eigenvalue weighted by molar-refractivity contribution is -0.132. The van der Waals surface area contributed by atoms with Crippen LogP contribution < -0.4 is 0 Å². The van der Waals surface area contributed by atoms with E-state index >= 15 is 0 Å². The first kappa shape index (κ1) is 16.8. The van der Waals surface area contributed by atoms with E-state index in [1.165, 1.54) is 5.56 Å². The van der Waals surface area contributed by atoms with Gasteiger partial charge in [0.1, 0.15) is 5.65 Å². The number of imidazole rings is 1. The summed E-state index contributed by atoms with van der Waals surface area (Å²) in [5.74, 6) is 0.174. The van der Waals surface area contributed by atoms with E-state index in [0.29, 0.717) is 6.42 Å². The predicted molar refractivity (Wildman–Crippen MR) is 103 cm³/mol. The van der Waals surface area contributed by atoms with Gasteiger partial charge in [-0.1, -0.05) is 43.3 Å². The van der Waals surface area contributed by atoms with Crippen LogP contribution in [0.25, 0.3) is 5.65 Å². The molecule has 1 aliphatic rings. The number of likely N-dealkylation sites (tertiary alicyclic amines) is 1. The third-order valence-corrected chi connectivity index (χ3v) is 5.58. The zero-order valence-electron chi connectivity index (χ0n) is 15.5. The Morgan fingerprint density at radius 3 is 2.77 bits per heavy atom. The third-order valence-electron chi connectivity index (χ3n) is 5.58. The number of aromatic nitrogens is 2. The fraction of sp³-hybridized carbons (Fsp3) is 0.364. The quantitative estimate of drug-likeness (QED) is 0.723. The molecule has 1 unspecified atom stereocenters. The van der Waals surface area contributed by atoms with Crippen molar-refractivity contribution in [3.8, 4) is 0 Å². The van der Waals surface area contributed by atoms with Crippen molar-refractivity contribution in [1.29, 1.82) is 0 Å². The van der Waals surface area contributed by atoms with Gasteiger partial charge in [0, 0.05) is 30.9 Å². The minimum atomic E-state index is 0.0324. The number of carbonyl (C=O) groups is 1. The number of fused-ring (bicyclic) bond motifs is 1. The van der Waals surface area contributed by atoms with E-state index in [1.807, 2.05) is 46.8 Å². The summed E-state index contributed by atoms with van der Waals surface area (Å²) in [4.78, 5) is 19.6. The summed E-state index contributed by atoms with van der Waals surface area (Å²) in [5, 5.41) is 0. The number of carbonyl (C=O) groups excluding carboxylic acids is 1. The van der Waals surface area contributed by atoms with Gasteiger partial charge in [-0.05, 0) is 37.0 Å². The van der Waals surface area contributed by atoms with Crippen LogP contribution in [0.15, 0.2) is 54.9 Å². The van der Waals surface area contributed by atoms with Gasteiger partial charge in [-0.2, -0.15) is 0 Å². The topological polar surface area (TPSA) is 37.6 Å². The van der Waals surface area contributed by atoms with Gasteiger partial charge in [-0.3, -0.25) is 4.79 Å². The maximum absolute atomic E-state index is 12.9. The number of hydrogen-bond acceptors (Lipinski definition) is 2. The lowest BCUT2D eigenvalue weighted by atomic mass is 9.76. The van der Waals surface area contributed by atoms with Crippen LogP contribution in [0.5, 0.6) is 0 Å². The second-order valence-corrected chi connectivity index (χ2v) is 7.68. The molecular weight excluding hydrogens is 322 g/mol. The Bertz CT molecular complexity index is 931. The molecule has 3 aromatic rings. The summed E-state index contributed by atoms with van der Waals surface area (Å²) in [6.45, 7) is 5.94. The van der Waals surface area contributed by atoms with Gasteiger partial charge < -0.3 is 9.30 Å². The van der Waals surface area contributed by atoms with Crippen LogP contribution in [0.3, 0.4) is 0 Å². The van der Waals surface area contributed by atoms with E-state index in [9.17, 15) is 4.79 Å². The Balaban J connectivity index is 1.51. The lowest BCUT2D eigenvalue weighted by Crippen LogP contribution is -2.47. The molecule has 4 rings (SSSR count). The fourth-order valence-electron chi connectivity index (χ4n) is 4.08. The van der Waals surface area contributed by atoms with Crippen molar-refractivity contribution in [2.45, 2.75) is 38.5 Å². The van der Waals surface area contributed by atoms with E-state index in [4.69, 9.17) is 0 Å². The number of amides is 1. The SMILES string of the molecule is Cc1cccn2cc(CC(=O)N3CCCC(C)(c4ccccc4)C3)nc12. The van der Waals surface area contributed by atoms with Crippen molar-refractivity contribution in [2.24, 2.45) is 0 Å². The number of aryl methyl sites for hydroxylation is 1. The molecule has 1 amide bonds. The number of nitrogens with zero attached hydrogens (tertiary/aromatic N) is 3. The van der Waals surface area contributed by atoms with Gasteiger partial charge in [0.15, 0.2) is 0 Å². The molecule has 0 saturated carbocycles. The summed E-state index contributed by atoms with van der Waals surface area (Å²) in [5.41, 5.74) is 4.26. The highest BCUT2D eigenvalue weighted by Gasteiger charge is 2.34. The lowest BCUT2D eigenvalue weighted by Gasteiger charge is -2.41. The Kier molecular flexibility index (Phi) is 4.27. The third kappa shape index (κ3) is 3.12. The molecule has 1 atom stereocenters. The Morgan fingerprint density at radius 1 is 1.19 bits per heavy atom. The molecular formula is C22H25N3O. The van der Waals surface area contributed by atoms with Crippen molar-refractivity contribution in [3.05, 3.63) is 71.7 Å². The highest BCUT2D eigenvalue weighted by molar-refractivity contribution is 5.79. The van der Waals surface area contributed by atoms with Crippen molar-refractivity contribution >= 4 is 11.6 Å². The molecule has 26 heavy (non-hydrogen) atoms. The van der Waals surface area contributed by atoms with Crippen molar-refractivity contribution in [3.63, 3.8) is 0 Å². The molecule has 0 spiro atoms. The monoisotopic (exact) mass is 347 g/mol. The second kappa shape index (κ2) is 6.60. The molecule has 1 fully saturated rings. The van der Waals surface area contributed by atoms with Crippen LogP contribution in [0, 0.1) is 6.92 Å². The zero-order valence-corrected chi connectivity index (χ0v) is 15.5. The minimum absolute atomic E-state index is 0.0324. The highest BCUT2D eigenvalue weighted by atomic mass is 16.2. The Labute approximate surface area is 154 Å². The second-order valence-electron chi connectivity index (χ2n) is 7.68. The van der Waals surface area contributed by atoms with Crippen LogP contribution >= 0.6 is 0 Å². The van der Waals surface area contributed by atoms with Gasteiger partial charge in [-0.25, -0.2) is 4.98 Å². The van der Waals surface area contributed by atoms with Crippen molar-refractivity contribution in [1.82, 2.24) is 14.3 Å². The maximum atomic E-state index is 12.9. The van der Waals surface area contributed by atoms with Gasteiger partial charge in [0.05, 0.1) is 12.1 Å². The molecule has 0 aliphatic carbocycles. The average molecular weight is 347 g/mol. The number of benzene rings is 1. The Morgan fingerprint density at radius 2 is 2.00 bits per heavy atom. The molecule has 4 nitrogen and oxygen atoms in total. The minimum Gasteiger partial charge on any atom is -0.341 e. The first-order chi connectivity index (χ1) is 12.5. The summed E-state index contributed by atoms with van der Waals surface area (Å²) < 4.78 is 2.00. The first-order valence-electron chi connectivity index (χ1n) is 9.32. The summed E-state index contributed by atoms with van der Waals surface area (Å²) >= 11 is 0. The number of hydrogen-bond donors (Lipinski definition) is 0. The molecule has 1 aromatic carbocycles. The molecule has 2 aromatic heterocycles. The summed E-state index contributed by atoms with van der Waals surface area (Å²) in [6, 6.07) is 14.6. The van der Waals surface area contributed by atoms with E-state index < -0.39 is 0 Å². The van der Waals surface area contributed by atoms with Crippen LogP contribution in [0.2, 0.25) is 0 Å². The molecule has 4 heteroatoms. The molecule has 1 saturated heterocycles. The normalized spacial score (nSPS) is 20.5. The highest BCUT2D eigenvalue weighted by Crippen LogP contribution is 2.33. The van der Waals surface area contributed by atoms with Crippen LogP contribution in [0.4, 0.5) is 0 Å². The van der Waals surface area contributed by atoms with Gasteiger partial charge in [0.25, 0.3) is 0 Å².